The highest BCUT2D eigenvalue weighted by Gasteiger charge is 2.03. The molecule has 0 saturated carbocycles. The minimum Gasteiger partial charge on any atom is -0.326 e. The van der Waals surface area contributed by atoms with E-state index in [1.807, 2.05) is 6.20 Å². The molecule has 0 amide bonds. The van der Waals surface area contributed by atoms with Crippen molar-refractivity contribution in [3.05, 3.63) is 17.5 Å². The quantitative estimate of drug-likeness (QED) is 0.688. The highest BCUT2D eigenvalue weighted by molar-refractivity contribution is 5.15. The van der Waals surface area contributed by atoms with Gasteiger partial charge in [-0.05, 0) is 13.3 Å². The Bertz CT molecular complexity index is 291. The molecule has 3 nitrogen and oxygen atoms in total. The molecule has 0 aliphatic rings. The first-order chi connectivity index (χ1) is 7.79. The van der Waals surface area contributed by atoms with Crippen LogP contribution in [-0.4, -0.2) is 9.78 Å². The van der Waals surface area contributed by atoms with Gasteiger partial charge in [0.25, 0.3) is 0 Å². The maximum atomic E-state index is 5.62. The minimum absolute atomic E-state index is 0.600. The van der Waals surface area contributed by atoms with E-state index in [2.05, 4.69) is 23.6 Å². The average molecular weight is 223 g/mol. The molecule has 1 heterocycles. The first kappa shape index (κ1) is 13.2. The van der Waals surface area contributed by atoms with Crippen molar-refractivity contribution in [2.24, 2.45) is 5.73 Å². The third-order valence-corrected chi connectivity index (χ3v) is 3.15. The Labute approximate surface area is 99.0 Å². The lowest BCUT2D eigenvalue weighted by Gasteiger charge is -2.05. The number of nitrogens with zero attached hydrogens (tertiary/aromatic N) is 2. The van der Waals surface area contributed by atoms with Crippen LogP contribution >= 0.6 is 0 Å². The topological polar surface area (TPSA) is 43.8 Å². The summed E-state index contributed by atoms with van der Waals surface area (Å²) in [7, 11) is 0. The lowest BCUT2D eigenvalue weighted by atomic mass is 10.1. The van der Waals surface area contributed by atoms with Crippen molar-refractivity contribution in [1.29, 1.82) is 0 Å². The molecule has 0 spiro atoms. The minimum atomic E-state index is 0.600. The van der Waals surface area contributed by atoms with Crippen LogP contribution in [-0.2, 0) is 13.1 Å². The summed E-state index contributed by atoms with van der Waals surface area (Å²) in [6, 6.07) is 0. The molecular formula is C13H25N3. The van der Waals surface area contributed by atoms with E-state index in [4.69, 9.17) is 5.73 Å². The molecule has 92 valence electrons. The van der Waals surface area contributed by atoms with Gasteiger partial charge in [0.2, 0.25) is 0 Å². The van der Waals surface area contributed by atoms with E-state index in [9.17, 15) is 0 Å². The summed E-state index contributed by atoms with van der Waals surface area (Å²) in [4.78, 5) is 0. The van der Waals surface area contributed by atoms with Gasteiger partial charge in [-0.3, -0.25) is 4.68 Å². The van der Waals surface area contributed by atoms with Crippen LogP contribution in [0.1, 0.15) is 56.7 Å². The van der Waals surface area contributed by atoms with Crippen molar-refractivity contribution >= 4 is 0 Å². The van der Waals surface area contributed by atoms with Crippen LogP contribution in [0.15, 0.2) is 6.20 Å². The monoisotopic (exact) mass is 223 g/mol. The Morgan fingerprint density at radius 1 is 1.19 bits per heavy atom. The summed E-state index contributed by atoms with van der Waals surface area (Å²) in [6.45, 7) is 5.99. The fourth-order valence-electron chi connectivity index (χ4n) is 1.95. The summed E-state index contributed by atoms with van der Waals surface area (Å²) < 4.78 is 2.09. The van der Waals surface area contributed by atoms with Crippen molar-refractivity contribution < 1.29 is 0 Å². The molecule has 0 unspecified atom stereocenters. The van der Waals surface area contributed by atoms with Gasteiger partial charge < -0.3 is 5.73 Å². The van der Waals surface area contributed by atoms with Crippen LogP contribution in [0.25, 0.3) is 0 Å². The highest BCUT2D eigenvalue weighted by Crippen LogP contribution is 2.09. The first-order valence-electron chi connectivity index (χ1n) is 6.51. The van der Waals surface area contributed by atoms with Gasteiger partial charge in [-0.1, -0.05) is 39.0 Å². The smallest absolute Gasteiger partial charge is 0.0537 e. The molecule has 0 bridgehead atoms. The first-order valence-corrected chi connectivity index (χ1v) is 6.51. The summed E-state index contributed by atoms with van der Waals surface area (Å²) in [5.41, 5.74) is 8.03. The Hall–Kier alpha value is -0.830. The summed E-state index contributed by atoms with van der Waals surface area (Å²) in [6.07, 6.45) is 9.87. The molecule has 0 aliphatic heterocycles. The third-order valence-electron chi connectivity index (χ3n) is 3.15. The van der Waals surface area contributed by atoms with Crippen LogP contribution < -0.4 is 5.73 Å². The Kier molecular flexibility index (Phi) is 6.16. The Morgan fingerprint density at radius 2 is 1.88 bits per heavy atom. The number of nitrogens with two attached hydrogens (primary N) is 1. The van der Waals surface area contributed by atoms with E-state index < -0.39 is 0 Å². The number of rotatable bonds is 8. The molecule has 1 aromatic heterocycles. The predicted octanol–water partition coefficient (Wildman–Crippen LogP) is 3.01. The second kappa shape index (κ2) is 7.44. The van der Waals surface area contributed by atoms with E-state index in [1.54, 1.807) is 0 Å². The number of unbranched alkanes of at least 4 members (excludes halogenated alkanes) is 5. The van der Waals surface area contributed by atoms with Crippen molar-refractivity contribution in [1.82, 2.24) is 9.78 Å². The van der Waals surface area contributed by atoms with Gasteiger partial charge in [-0.2, -0.15) is 5.10 Å². The van der Waals surface area contributed by atoms with Gasteiger partial charge in [0, 0.05) is 24.3 Å². The Balaban J connectivity index is 2.19. The van der Waals surface area contributed by atoms with Gasteiger partial charge in [0.1, 0.15) is 0 Å². The molecule has 0 radical (unpaired) electrons. The molecule has 1 aromatic rings. The summed E-state index contributed by atoms with van der Waals surface area (Å²) in [5, 5.41) is 4.36. The number of aromatic nitrogens is 2. The fourth-order valence-corrected chi connectivity index (χ4v) is 1.95. The van der Waals surface area contributed by atoms with Gasteiger partial charge in [-0.15, -0.1) is 0 Å². The lowest BCUT2D eigenvalue weighted by molar-refractivity contribution is 0.519. The van der Waals surface area contributed by atoms with Crippen molar-refractivity contribution in [2.45, 2.75) is 65.5 Å². The molecule has 2 N–H and O–H groups in total. The van der Waals surface area contributed by atoms with Crippen LogP contribution in [0.2, 0.25) is 0 Å². The molecule has 0 saturated heterocycles. The van der Waals surface area contributed by atoms with E-state index in [0.717, 1.165) is 6.54 Å². The molecule has 0 aliphatic carbocycles. The van der Waals surface area contributed by atoms with Crippen molar-refractivity contribution in [3.63, 3.8) is 0 Å². The fraction of sp³-hybridized carbons (Fsp3) is 0.769. The summed E-state index contributed by atoms with van der Waals surface area (Å²) in [5.74, 6) is 0. The highest BCUT2D eigenvalue weighted by atomic mass is 15.3. The SMILES string of the molecule is CCCCCCCCn1ncc(CN)c1C. The molecule has 16 heavy (non-hydrogen) atoms. The number of hydrogen-bond donors (Lipinski definition) is 1. The zero-order chi connectivity index (χ0) is 11.8. The van der Waals surface area contributed by atoms with Crippen molar-refractivity contribution in [3.8, 4) is 0 Å². The van der Waals surface area contributed by atoms with Gasteiger partial charge in [0.05, 0.1) is 6.20 Å². The van der Waals surface area contributed by atoms with Crippen LogP contribution in [0.5, 0.6) is 0 Å². The zero-order valence-corrected chi connectivity index (χ0v) is 10.7. The van der Waals surface area contributed by atoms with Gasteiger partial charge >= 0.3 is 0 Å². The maximum Gasteiger partial charge on any atom is 0.0537 e. The number of hydrogen-bond acceptors (Lipinski definition) is 2. The molecule has 0 fully saturated rings. The van der Waals surface area contributed by atoms with E-state index >= 15 is 0 Å². The normalized spacial score (nSPS) is 10.9. The summed E-state index contributed by atoms with van der Waals surface area (Å²) >= 11 is 0. The van der Waals surface area contributed by atoms with Crippen molar-refractivity contribution in [2.75, 3.05) is 0 Å². The average Bonchev–Trinajstić information content (AvgIpc) is 2.65. The molecule has 0 atom stereocenters. The van der Waals surface area contributed by atoms with Crippen LogP contribution in [0, 0.1) is 6.92 Å². The molecule has 0 aromatic carbocycles. The molecule has 3 heteroatoms. The second-order valence-electron chi connectivity index (χ2n) is 4.45. The van der Waals surface area contributed by atoms with Crippen LogP contribution in [0.3, 0.4) is 0 Å². The molecular weight excluding hydrogens is 198 g/mol. The largest absolute Gasteiger partial charge is 0.326 e. The number of aryl methyl sites for hydroxylation is 1. The van der Waals surface area contributed by atoms with Crippen LogP contribution in [0.4, 0.5) is 0 Å². The third kappa shape index (κ3) is 3.97. The standard InChI is InChI=1S/C13H25N3/c1-3-4-5-6-7-8-9-16-12(2)13(10-14)11-15-16/h11H,3-10,14H2,1-2H3. The predicted molar refractivity (Wildman–Crippen MR) is 68.2 cm³/mol. The van der Waals surface area contributed by atoms with Gasteiger partial charge in [0.15, 0.2) is 0 Å². The zero-order valence-electron chi connectivity index (χ0n) is 10.7. The van der Waals surface area contributed by atoms with E-state index in [-0.39, 0.29) is 0 Å². The van der Waals surface area contributed by atoms with E-state index in [1.165, 1.54) is 49.8 Å². The Morgan fingerprint density at radius 3 is 2.50 bits per heavy atom. The lowest BCUT2D eigenvalue weighted by Crippen LogP contribution is -2.04. The second-order valence-corrected chi connectivity index (χ2v) is 4.45. The maximum absolute atomic E-state index is 5.62. The molecule has 1 rings (SSSR count). The van der Waals surface area contributed by atoms with Gasteiger partial charge in [-0.25, -0.2) is 0 Å². The van der Waals surface area contributed by atoms with E-state index in [0.29, 0.717) is 6.54 Å².